The van der Waals surface area contributed by atoms with Crippen LogP contribution in [0, 0.1) is 17.0 Å². The van der Waals surface area contributed by atoms with E-state index in [4.69, 9.17) is 10.6 Å². The van der Waals surface area contributed by atoms with E-state index in [0.29, 0.717) is 18.6 Å². The predicted octanol–water partition coefficient (Wildman–Crippen LogP) is 0.504. The van der Waals surface area contributed by atoms with E-state index >= 15 is 0 Å². The summed E-state index contributed by atoms with van der Waals surface area (Å²) in [5, 5.41) is 10.9. The SMILES string of the molecule is COCCCNS(=O)(=O)c1cc([N+](=O)[O-])c(NN)cc1C. The average Bonchev–Trinajstić information content (AvgIpc) is 2.42. The molecule has 21 heavy (non-hydrogen) atoms. The molecule has 0 radical (unpaired) electrons. The van der Waals surface area contributed by atoms with Gasteiger partial charge in [0, 0.05) is 26.3 Å². The molecular weight excluding hydrogens is 300 g/mol. The standard InChI is InChI=1S/C11H18N4O5S/c1-8-6-9(14-12)10(15(16)17)7-11(8)21(18,19)13-4-3-5-20-2/h6-7,13-14H,3-5,12H2,1-2H3. The molecule has 0 saturated heterocycles. The molecule has 0 aromatic heterocycles. The summed E-state index contributed by atoms with van der Waals surface area (Å²) in [6.07, 6.45) is 0.499. The zero-order valence-electron chi connectivity index (χ0n) is 11.8. The van der Waals surface area contributed by atoms with Crippen molar-refractivity contribution < 1.29 is 18.1 Å². The second-order valence-electron chi connectivity index (χ2n) is 4.28. The number of nitrogens with zero attached hydrogens (tertiary/aromatic N) is 1. The van der Waals surface area contributed by atoms with Gasteiger partial charge in [0.25, 0.3) is 5.69 Å². The highest BCUT2D eigenvalue weighted by Gasteiger charge is 2.23. The normalized spacial score (nSPS) is 11.4. The smallest absolute Gasteiger partial charge is 0.295 e. The zero-order chi connectivity index (χ0) is 16.0. The van der Waals surface area contributed by atoms with Crippen LogP contribution in [0.5, 0.6) is 0 Å². The number of ether oxygens (including phenoxy) is 1. The second-order valence-corrected chi connectivity index (χ2v) is 6.02. The minimum absolute atomic E-state index is 0.0517. The Kier molecular flexibility index (Phi) is 6.03. The lowest BCUT2D eigenvalue weighted by Crippen LogP contribution is -2.26. The summed E-state index contributed by atoms with van der Waals surface area (Å²) in [6, 6.07) is 2.31. The summed E-state index contributed by atoms with van der Waals surface area (Å²) in [7, 11) is -2.32. The van der Waals surface area contributed by atoms with Crippen molar-refractivity contribution in [1.29, 1.82) is 0 Å². The maximum absolute atomic E-state index is 12.2. The molecule has 0 heterocycles. The Morgan fingerprint density at radius 1 is 1.43 bits per heavy atom. The first kappa shape index (κ1) is 17.3. The molecule has 0 amide bonds. The Morgan fingerprint density at radius 2 is 2.10 bits per heavy atom. The van der Waals surface area contributed by atoms with E-state index in [1.54, 1.807) is 0 Å². The van der Waals surface area contributed by atoms with Crippen molar-refractivity contribution in [2.45, 2.75) is 18.2 Å². The third-order valence-electron chi connectivity index (χ3n) is 2.75. The van der Waals surface area contributed by atoms with Gasteiger partial charge in [-0.25, -0.2) is 13.1 Å². The fourth-order valence-electron chi connectivity index (χ4n) is 1.73. The number of anilines is 1. The van der Waals surface area contributed by atoms with E-state index in [1.165, 1.54) is 20.1 Å². The van der Waals surface area contributed by atoms with E-state index in [2.05, 4.69) is 10.1 Å². The van der Waals surface area contributed by atoms with Gasteiger partial charge in [0.15, 0.2) is 0 Å². The lowest BCUT2D eigenvalue weighted by atomic mass is 10.2. The highest BCUT2D eigenvalue weighted by Crippen LogP contribution is 2.29. The van der Waals surface area contributed by atoms with E-state index in [1.807, 2.05) is 0 Å². The van der Waals surface area contributed by atoms with E-state index in [0.717, 1.165) is 6.07 Å². The Hall–Kier alpha value is -1.75. The maximum atomic E-state index is 12.2. The monoisotopic (exact) mass is 318 g/mol. The number of hydrogen-bond donors (Lipinski definition) is 3. The molecule has 0 atom stereocenters. The van der Waals surface area contributed by atoms with Crippen molar-refractivity contribution in [3.63, 3.8) is 0 Å². The third-order valence-corrected chi connectivity index (χ3v) is 4.36. The first-order valence-electron chi connectivity index (χ1n) is 6.07. The van der Waals surface area contributed by atoms with Gasteiger partial charge in [-0.15, -0.1) is 0 Å². The van der Waals surface area contributed by atoms with Crippen LogP contribution in [0.1, 0.15) is 12.0 Å². The molecule has 1 rings (SSSR count). The third kappa shape index (κ3) is 4.36. The summed E-state index contributed by atoms with van der Waals surface area (Å²) in [6.45, 7) is 2.13. The van der Waals surface area contributed by atoms with E-state index < -0.39 is 20.6 Å². The molecule has 0 spiro atoms. The van der Waals surface area contributed by atoms with Crippen LogP contribution < -0.4 is 16.0 Å². The van der Waals surface area contributed by atoms with Gasteiger partial charge in [0.2, 0.25) is 10.0 Å². The largest absolute Gasteiger partial charge is 0.385 e. The van der Waals surface area contributed by atoms with Gasteiger partial charge in [0.05, 0.1) is 9.82 Å². The minimum atomic E-state index is -3.83. The van der Waals surface area contributed by atoms with E-state index in [9.17, 15) is 18.5 Å². The Bertz CT molecular complexity index is 617. The molecule has 1 aromatic rings. The van der Waals surface area contributed by atoms with Crippen molar-refractivity contribution in [3.8, 4) is 0 Å². The molecule has 9 nitrogen and oxygen atoms in total. The number of hydrazine groups is 1. The summed E-state index contributed by atoms with van der Waals surface area (Å²) in [5.41, 5.74) is 2.19. The highest BCUT2D eigenvalue weighted by molar-refractivity contribution is 7.89. The van der Waals surface area contributed by atoms with Gasteiger partial charge in [0.1, 0.15) is 5.69 Å². The molecule has 118 valence electrons. The number of sulfonamides is 1. The molecule has 10 heteroatoms. The molecule has 0 saturated carbocycles. The Balaban J connectivity index is 3.11. The molecule has 1 aromatic carbocycles. The predicted molar refractivity (Wildman–Crippen MR) is 77.3 cm³/mol. The molecule has 0 aliphatic carbocycles. The number of hydrogen-bond acceptors (Lipinski definition) is 7. The molecule has 0 aliphatic rings. The number of nitrogens with two attached hydrogens (primary N) is 1. The van der Waals surface area contributed by atoms with Gasteiger partial charge in [-0.05, 0) is 25.0 Å². The summed E-state index contributed by atoms with van der Waals surface area (Å²) in [4.78, 5) is 10.1. The van der Waals surface area contributed by atoms with Crippen LogP contribution in [0.4, 0.5) is 11.4 Å². The number of benzene rings is 1. The highest BCUT2D eigenvalue weighted by atomic mass is 32.2. The van der Waals surface area contributed by atoms with Crippen molar-refractivity contribution >= 4 is 21.4 Å². The van der Waals surface area contributed by atoms with Gasteiger partial charge in [-0.1, -0.05) is 0 Å². The first-order valence-corrected chi connectivity index (χ1v) is 7.56. The van der Waals surface area contributed by atoms with Crippen LogP contribution in [0.15, 0.2) is 17.0 Å². The summed E-state index contributed by atoms with van der Waals surface area (Å²) < 4.78 is 31.5. The summed E-state index contributed by atoms with van der Waals surface area (Å²) >= 11 is 0. The molecule has 4 N–H and O–H groups in total. The van der Waals surface area contributed by atoms with Crippen LogP contribution in [0.3, 0.4) is 0 Å². The fraction of sp³-hybridized carbons (Fsp3) is 0.455. The number of nitrogens with one attached hydrogen (secondary N) is 2. The van der Waals surface area contributed by atoms with Gasteiger partial charge in [-0.2, -0.15) is 0 Å². The number of nitro groups is 1. The molecule has 0 fully saturated rings. The van der Waals surface area contributed by atoms with Crippen LogP contribution in [0.25, 0.3) is 0 Å². The zero-order valence-corrected chi connectivity index (χ0v) is 12.6. The number of nitrogen functional groups attached to an aromatic ring is 1. The lowest BCUT2D eigenvalue weighted by Gasteiger charge is -2.11. The molecular formula is C11H18N4O5S. The Morgan fingerprint density at radius 3 is 2.62 bits per heavy atom. The average molecular weight is 318 g/mol. The fourth-order valence-corrected chi connectivity index (χ4v) is 3.05. The van der Waals surface area contributed by atoms with Crippen molar-refractivity contribution in [2.24, 2.45) is 5.84 Å². The van der Waals surface area contributed by atoms with Gasteiger partial charge in [-0.3, -0.25) is 16.0 Å². The van der Waals surface area contributed by atoms with Crippen LogP contribution in [-0.4, -0.2) is 33.6 Å². The Labute approximate surface area is 122 Å². The molecule has 0 bridgehead atoms. The van der Waals surface area contributed by atoms with Crippen LogP contribution in [0.2, 0.25) is 0 Å². The van der Waals surface area contributed by atoms with Crippen LogP contribution in [-0.2, 0) is 14.8 Å². The first-order chi connectivity index (χ1) is 9.83. The topological polar surface area (TPSA) is 137 Å². The number of aryl methyl sites for hydroxylation is 1. The van der Waals surface area contributed by atoms with Crippen molar-refractivity contribution in [3.05, 3.63) is 27.8 Å². The molecule has 0 unspecified atom stereocenters. The van der Waals surface area contributed by atoms with Crippen LogP contribution >= 0.6 is 0 Å². The number of methoxy groups -OCH3 is 1. The van der Waals surface area contributed by atoms with Crippen molar-refractivity contribution in [2.75, 3.05) is 25.7 Å². The molecule has 0 aliphatic heterocycles. The summed E-state index contributed by atoms with van der Waals surface area (Å²) in [5.74, 6) is 5.20. The van der Waals surface area contributed by atoms with Gasteiger partial charge < -0.3 is 10.2 Å². The minimum Gasteiger partial charge on any atom is -0.385 e. The number of nitro benzene ring substituents is 1. The quantitative estimate of drug-likeness (QED) is 0.275. The maximum Gasteiger partial charge on any atom is 0.295 e. The van der Waals surface area contributed by atoms with E-state index in [-0.39, 0.29) is 17.1 Å². The van der Waals surface area contributed by atoms with Crippen molar-refractivity contribution in [1.82, 2.24) is 4.72 Å². The van der Waals surface area contributed by atoms with Gasteiger partial charge >= 0.3 is 0 Å². The second kappa shape index (κ2) is 7.31. The number of rotatable bonds is 8. The lowest BCUT2D eigenvalue weighted by molar-refractivity contribution is -0.384.